The number of carbonyl (C=O) groups excluding carboxylic acids is 1. The van der Waals surface area contributed by atoms with Crippen molar-refractivity contribution in [3.8, 4) is 5.75 Å². The molecular weight excluding hydrogens is 359 g/mol. The number of aliphatic hydroxyl groups is 1. The average Bonchev–Trinajstić information content (AvgIpc) is 2.70. The first-order valence-electron chi connectivity index (χ1n) is 9.72. The van der Waals surface area contributed by atoms with Crippen molar-refractivity contribution in [1.29, 1.82) is 0 Å². The van der Waals surface area contributed by atoms with Crippen LogP contribution in [0.25, 0.3) is 0 Å². The molecule has 1 saturated heterocycles. The van der Waals surface area contributed by atoms with Gasteiger partial charge < -0.3 is 20.1 Å². The Labute approximate surface area is 165 Å². The van der Waals surface area contributed by atoms with Crippen LogP contribution in [0, 0.1) is 5.82 Å². The number of likely N-dealkylation sites (tertiary alicyclic amines) is 1. The summed E-state index contributed by atoms with van der Waals surface area (Å²) < 4.78 is 18.8. The molecule has 1 heterocycles. The zero-order chi connectivity index (χ0) is 20.0. The van der Waals surface area contributed by atoms with Crippen LogP contribution in [0.15, 0.2) is 48.5 Å². The lowest BCUT2D eigenvalue weighted by Gasteiger charge is -2.38. The summed E-state index contributed by atoms with van der Waals surface area (Å²) in [6.07, 6.45) is 1.09. The van der Waals surface area contributed by atoms with Gasteiger partial charge in [0, 0.05) is 31.7 Å². The fourth-order valence-electron chi connectivity index (χ4n) is 3.51. The molecule has 0 bridgehead atoms. The highest BCUT2D eigenvalue weighted by molar-refractivity contribution is 5.94. The third-order valence-electron chi connectivity index (χ3n) is 5.19. The molecule has 0 atom stereocenters. The summed E-state index contributed by atoms with van der Waals surface area (Å²) in [7, 11) is 0. The minimum atomic E-state index is -0.982. The number of benzene rings is 2. The van der Waals surface area contributed by atoms with Gasteiger partial charge >= 0.3 is 0 Å². The van der Waals surface area contributed by atoms with Crippen LogP contribution in [0.5, 0.6) is 5.75 Å². The van der Waals surface area contributed by atoms with Gasteiger partial charge in [-0.1, -0.05) is 12.1 Å². The first-order chi connectivity index (χ1) is 13.5. The molecule has 2 N–H and O–H groups in total. The standard InChI is InChI=1S/C22H27FN2O3/c1-2-28-20-8-6-17(7-9-20)21(26)24-12-15-25-13-10-22(27,11-14-25)18-4-3-5-19(23)16-18/h3-9,16,27H,2,10-15H2,1H3,(H,24,26). The van der Waals surface area contributed by atoms with E-state index in [2.05, 4.69) is 10.2 Å². The smallest absolute Gasteiger partial charge is 0.251 e. The Hall–Kier alpha value is -2.44. The number of nitrogens with zero attached hydrogens (tertiary/aromatic N) is 1. The summed E-state index contributed by atoms with van der Waals surface area (Å²) in [5, 5.41) is 13.8. The zero-order valence-electron chi connectivity index (χ0n) is 16.2. The van der Waals surface area contributed by atoms with E-state index in [-0.39, 0.29) is 11.7 Å². The lowest BCUT2D eigenvalue weighted by Crippen LogP contribution is -2.45. The second kappa shape index (κ2) is 9.17. The van der Waals surface area contributed by atoms with Crippen molar-refractivity contribution in [1.82, 2.24) is 10.2 Å². The van der Waals surface area contributed by atoms with E-state index in [0.717, 1.165) is 5.75 Å². The average molecular weight is 386 g/mol. The van der Waals surface area contributed by atoms with Gasteiger partial charge in [-0.05, 0) is 61.7 Å². The molecule has 2 aromatic carbocycles. The molecule has 2 aromatic rings. The minimum Gasteiger partial charge on any atom is -0.494 e. The van der Waals surface area contributed by atoms with E-state index in [4.69, 9.17) is 4.74 Å². The van der Waals surface area contributed by atoms with Gasteiger partial charge in [-0.3, -0.25) is 4.79 Å². The van der Waals surface area contributed by atoms with Gasteiger partial charge in [-0.15, -0.1) is 0 Å². The van der Waals surface area contributed by atoms with Gasteiger partial charge in [0.25, 0.3) is 5.91 Å². The number of hydrogen-bond acceptors (Lipinski definition) is 4. The summed E-state index contributed by atoms with van der Waals surface area (Å²) in [6, 6.07) is 13.3. The third kappa shape index (κ3) is 5.09. The first kappa shape index (κ1) is 20.3. The number of piperidine rings is 1. The number of carbonyl (C=O) groups is 1. The van der Waals surface area contributed by atoms with Gasteiger partial charge in [0.2, 0.25) is 0 Å². The van der Waals surface area contributed by atoms with E-state index < -0.39 is 5.60 Å². The monoisotopic (exact) mass is 386 g/mol. The Morgan fingerprint density at radius 1 is 1.21 bits per heavy atom. The van der Waals surface area contributed by atoms with Crippen molar-refractivity contribution in [3.05, 3.63) is 65.5 Å². The number of nitrogens with one attached hydrogen (secondary N) is 1. The molecule has 1 amide bonds. The van der Waals surface area contributed by atoms with E-state index in [1.54, 1.807) is 36.4 Å². The predicted molar refractivity (Wildman–Crippen MR) is 106 cm³/mol. The van der Waals surface area contributed by atoms with Crippen LogP contribution >= 0.6 is 0 Å². The van der Waals surface area contributed by atoms with E-state index in [9.17, 15) is 14.3 Å². The molecule has 0 unspecified atom stereocenters. The van der Waals surface area contributed by atoms with E-state index in [1.165, 1.54) is 12.1 Å². The number of halogens is 1. The van der Waals surface area contributed by atoms with Gasteiger partial charge in [0.05, 0.1) is 12.2 Å². The van der Waals surface area contributed by atoms with Crippen LogP contribution in [-0.4, -0.2) is 48.7 Å². The summed E-state index contributed by atoms with van der Waals surface area (Å²) in [5.41, 5.74) is 0.253. The van der Waals surface area contributed by atoms with Crippen molar-refractivity contribution >= 4 is 5.91 Å². The highest BCUT2D eigenvalue weighted by Gasteiger charge is 2.34. The molecule has 5 nitrogen and oxygen atoms in total. The summed E-state index contributed by atoms with van der Waals surface area (Å²) in [5.74, 6) is 0.305. The molecule has 0 saturated carbocycles. The molecule has 1 aliphatic heterocycles. The number of amides is 1. The fraction of sp³-hybridized carbons (Fsp3) is 0.409. The molecule has 3 rings (SSSR count). The molecule has 1 aliphatic rings. The first-order valence-corrected chi connectivity index (χ1v) is 9.72. The van der Waals surface area contributed by atoms with E-state index in [1.807, 2.05) is 6.92 Å². The molecule has 28 heavy (non-hydrogen) atoms. The van der Waals surface area contributed by atoms with Gasteiger partial charge in [0.1, 0.15) is 11.6 Å². The fourth-order valence-corrected chi connectivity index (χ4v) is 3.51. The Morgan fingerprint density at radius 3 is 2.57 bits per heavy atom. The molecule has 0 aliphatic carbocycles. The highest BCUT2D eigenvalue weighted by Crippen LogP contribution is 2.32. The normalized spacial score (nSPS) is 16.5. The topological polar surface area (TPSA) is 61.8 Å². The van der Waals surface area contributed by atoms with Crippen LogP contribution in [0.2, 0.25) is 0 Å². The largest absolute Gasteiger partial charge is 0.494 e. The second-order valence-corrected chi connectivity index (χ2v) is 7.10. The molecule has 0 aromatic heterocycles. The molecule has 6 heteroatoms. The van der Waals surface area contributed by atoms with Crippen molar-refractivity contribution in [2.45, 2.75) is 25.4 Å². The summed E-state index contributed by atoms with van der Waals surface area (Å²) in [6.45, 7) is 5.15. The van der Waals surface area contributed by atoms with Crippen molar-refractivity contribution < 1.29 is 19.0 Å². The molecule has 150 valence electrons. The van der Waals surface area contributed by atoms with Crippen LogP contribution in [0.3, 0.4) is 0 Å². The van der Waals surface area contributed by atoms with Crippen LogP contribution in [0.1, 0.15) is 35.7 Å². The SMILES string of the molecule is CCOc1ccc(C(=O)NCCN2CCC(O)(c3cccc(F)c3)CC2)cc1. The second-order valence-electron chi connectivity index (χ2n) is 7.10. The minimum absolute atomic E-state index is 0.115. The number of hydrogen-bond donors (Lipinski definition) is 2. The summed E-state index contributed by atoms with van der Waals surface area (Å²) >= 11 is 0. The Balaban J connectivity index is 1.43. The Kier molecular flexibility index (Phi) is 6.65. The maximum Gasteiger partial charge on any atom is 0.251 e. The van der Waals surface area contributed by atoms with Gasteiger partial charge in [-0.2, -0.15) is 0 Å². The molecule has 0 radical (unpaired) electrons. The van der Waals surface area contributed by atoms with Crippen LogP contribution < -0.4 is 10.1 Å². The molecular formula is C22H27FN2O3. The number of ether oxygens (including phenoxy) is 1. The maximum atomic E-state index is 13.4. The van der Waals surface area contributed by atoms with Crippen molar-refractivity contribution in [3.63, 3.8) is 0 Å². The predicted octanol–water partition coefficient (Wildman–Crippen LogP) is 2.94. The third-order valence-corrected chi connectivity index (χ3v) is 5.19. The molecule has 0 spiro atoms. The Bertz CT molecular complexity index is 787. The van der Waals surface area contributed by atoms with Gasteiger partial charge in [-0.25, -0.2) is 4.39 Å². The van der Waals surface area contributed by atoms with Crippen LogP contribution in [-0.2, 0) is 5.60 Å². The lowest BCUT2D eigenvalue weighted by molar-refractivity contribution is -0.0257. The number of rotatable bonds is 7. The van der Waals surface area contributed by atoms with Crippen molar-refractivity contribution in [2.75, 3.05) is 32.8 Å². The highest BCUT2D eigenvalue weighted by atomic mass is 19.1. The lowest BCUT2D eigenvalue weighted by atomic mass is 9.84. The maximum absolute atomic E-state index is 13.4. The summed E-state index contributed by atoms with van der Waals surface area (Å²) in [4.78, 5) is 14.4. The Morgan fingerprint density at radius 2 is 1.93 bits per heavy atom. The van der Waals surface area contributed by atoms with E-state index in [0.29, 0.717) is 56.8 Å². The van der Waals surface area contributed by atoms with Crippen LogP contribution in [0.4, 0.5) is 4.39 Å². The zero-order valence-corrected chi connectivity index (χ0v) is 16.2. The van der Waals surface area contributed by atoms with E-state index >= 15 is 0 Å². The quantitative estimate of drug-likeness (QED) is 0.768. The van der Waals surface area contributed by atoms with Crippen molar-refractivity contribution in [2.24, 2.45) is 0 Å². The van der Waals surface area contributed by atoms with Gasteiger partial charge in [0.15, 0.2) is 0 Å². The molecule has 1 fully saturated rings.